The fourth-order valence-electron chi connectivity index (χ4n) is 1.69. The molecule has 0 saturated carbocycles. The van der Waals surface area contributed by atoms with Crippen LogP contribution in [0, 0.1) is 5.41 Å². The molecular formula is C13H25Cl3. The van der Waals surface area contributed by atoms with Crippen molar-refractivity contribution in [2.75, 3.05) is 0 Å². The first-order valence-electron chi connectivity index (χ1n) is 6.27. The summed E-state index contributed by atoms with van der Waals surface area (Å²) in [6, 6.07) is 0. The summed E-state index contributed by atoms with van der Waals surface area (Å²) in [7, 11) is 0. The van der Waals surface area contributed by atoms with E-state index in [1.807, 2.05) is 0 Å². The molecule has 0 unspecified atom stereocenters. The van der Waals surface area contributed by atoms with Crippen LogP contribution in [0.2, 0.25) is 0 Å². The summed E-state index contributed by atoms with van der Waals surface area (Å²) < 4.78 is -1.05. The predicted molar refractivity (Wildman–Crippen MR) is 76.7 cm³/mol. The third-order valence-corrected chi connectivity index (χ3v) is 3.20. The number of hydrogen-bond donors (Lipinski definition) is 0. The number of unbranched alkanes of at least 4 members (excludes halogenated alkanes) is 5. The Labute approximate surface area is 116 Å². The molecule has 0 nitrogen and oxygen atoms in total. The van der Waals surface area contributed by atoms with Gasteiger partial charge in [-0.15, -0.1) is 0 Å². The van der Waals surface area contributed by atoms with Crippen LogP contribution in [0.15, 0.2) is 0 Å². The average Bonchev–Trinajstić information content (AvgIpc) is 2.06. The third kappa shape index (κ3) is 14.9. The summed E-state index contributed by atoms with van der Waals surface area (Å²) in [5.41, 5.74) is 0.482. The van der Waals surface area contributed by atoms with Crippen LogP contribution in [-0.2, 0) is 0 Å². The Hall–Kier alpha value is 0.870. The van der Waals surface area contributed by atoms with Crippen LogP contribution >= 0.6 is 34.8 Å². The zero-order valence-electron chi connectivity index (χ0n) is 10.8. The van der Waals surface area contributed by atoms with Gasteiger partial charge in [-0.1, -0.05) is 87.7 Å². The lowest BCUT2D eigenvalue weighted by Crippen LogP contribution is -2.04. The molecule has 0 aromatic heterocycles. The average molecular weight is 288 g/mol. The van der Waals surface area contributed by atoms with Gasteiger partial charge < -0.3 is 0 Å². The molecule has 3 heteroatoms. The molecule has 0 heterocycles. The van der Waals surface area contributed by atoms with Gasteiger partial charge in [-0.25, -0.2) is 0 Å². The van der Waals surface area contributed by atoms with Crippen molar-refractivity contribution in [3.63, 3.8) is 0 Å². The van der Waals surface area contributed by atoms with E-state index in [9.17, 15) is 0 Å². The molecule has 0 atom stereocenters. The van der Waals surface area contributed by atoms with E-state index in [0.717, 1.165) is 6.42 Å². The van der Waals surface area contributed by atoms with Gasteiger partial charge in [0.2, 0.25) is 0 Å². The van der Waals surface area contributed by atoms with Crippen molar-refractivity contribution in [2.45, 2.75) is 75.9 Å². The Morgan fingerprint density at radius 3 is 1.38 bits per heavy atom. The molecule has 0 spiro atoms. The standard InChI is InChI=1S/C13H25Cl3/c1-12(2,3)10-8-6-4-5-7-9-11-13(14,15)16/h4-11H2,1-3H3. The summed E-state index contributed by atoms with van der Waals surface area (Å²) in [6.45, 7) is 6.90. The molecule has 16 heavy (non-hydrogen) atoms. The highest BCUT2D eigenvalue weighted by molar-refractivity contribution is 6.67. The SMILES string of the molecule is CC(C)(C)CCCCCCCCC(Cl)(Cl)Cl. The minimum atomic E-state index is -1.05. The van der Waals surface area contributed by atoms with Crippen molar-refractivity contribution >= 4 is 34.8 Å². The Morgan fingerprint density at radius 1 is 0.625 bits per heavy atom. The van der Waals surface area contributed by atoms with Gasteiger partial charge in [0, 0.05) is 0 Å². The molecular weight excluding hydrogens is 263 g/mol. The number of hydrogen-bond acceptors (Lipinski definition) is 0. The maximum atomic E-state index is 5.68. The number of rotatable bonds is 7. The second-order valence-corrected chi connectivity index (χ2v) is 8.31. The second-order valence-electron chi connectivity index (χ2n) is 5.80. The predicted octanol–water partition coefficient (Wildman–Crippen LogP) is 6.52. The van der Waals surface area contributed by atoms with Crippen LogP contribution in [0.5, 0.6) is 0 Å². The van der Waals surface area contributed by atoms with Crippen LogP contribution in [0.1, 0.15) is 72.1 Å². The van der Waals surface area contributed by atoms with Crippen LogP contribution < -0.4 is 0 Å². The van der Waals surface area contributed by atoms with Gasteiger partial charge in [0.25, 0.3) is 0 Å². The van der Waals surface area contributed by atoms with E-state index in [-0.39, 0.29) is 0 Å². The van der Waals surface area contributed by atoms with E-state index in [0.29, 0.717) is 11.8 Å². The van der Waals surface area contributed by atoms with Gasteiger partial charge in [-0.05, 0) is 24.7 Å². The molecule has 0 fully saturated rings. The van der Waals surface area contributed by atoms with E-state index in [2.05, 4.69) is 20.8 Å². The summed E-state index contributed by atoms with van der Waals surface area (Å²) in [5.74, 6) is 0. The van der Waals surface area contributed by atoms with Crippen molar-refractivity contribution in [3.05, 3.63) is 0 Å². The van der Waals surface area contributed by atoms with Crippen molar-refractivity contribution in [1.29, 1.82) is 0 Å². The van der Waals surface area contributed by atoms with Crippen molar-refractivity contribution in [1.82, 2.24) is 0 Å². The van der Waals surface area contributed by atoms with Crippen LogP contribution in [0.25, 0.3) is 0 Å². The Bertz CT molecular complexity index is 145. The molecule has 0 aromatic carbocycles. The van der Waals surface area contributed by atoms with Crippen LogP contribution in [0.4, 0.5) is 0 Å². The van der Waals surface area contributed by atoms with E-state index >= 15 is 0 Å². The van der Waals surface area contributed by atoms with Crippen molar-refractivity contribution in [2.24, 2.45) is 5.41 Å². The first-order valence-corrected chi connectivity index (χ1v) is 7.41. The Morgan fingerprint density at radius 2 is 1.00 bits per heavy atom. The first-order chi connectivity index (χ1) is 7.21. The van der Waals surface area contributed by atoms with Gasteiger partial charge in [0.05, 0.1) is 0 Å². The molecule has 0 aromatic rings. The van der Waals surface area contributed by atoms with Crippen molar-refractivity contribution < 1.29 is 0 Å². The fraction of sp³-hybridized carbons (Fsp3) is 1.00. The molecule has 0 aliphatic rings. The lowest BCUT2D eigenvalue weighted by atomic mass is 9.89. The van der Waals surface area contributed by atoms with Gasteiger partial charge in [0.1, 0.15) is 0 Å². The maximum absolute atomic E-state index is 5.68. The molecule has 0 amide bonds. The summed E-state index contributed by atoms with van der Waals surface area (Å²) >= 11 is 17.0. The second kappa shape index (κ2) is 8.06. The molecule has 0 saturated heterocycles. The zero-order chi connectivity index (χ0) is 12.7. The highest BCUT2D eigenvalue weighted by Crippen LogP contribution is 2.32. The molecule has 0 rings (SSSR count). The molecule has 0 N–H and O–H groups in total. The molecule has 0 bridgehead atoms. The summed E-state index contributed by atoms with van der Waals surface area (Å²) in [6.07, 6.45) is 9.47. The monoisotopic (exact) mass is 286 g/mol. The van der Waals surface area contributed by atoms with E-state index < -0.39 is 3.79 Å². The smallest absolute Gasteiger partial charge is 0.0837 e. The third-order valence-electron chi connectivity index (χ3n) is 2.64. The Kier molecular flexibility index (Phi) is 8.49. The highest BCUT2D eigenvalue weighted by Gasteiger charge is 2.17. The largest absolute Gasteiger partial charge is 0.190 e. The molecule has 0 radical (unpaired) electrons. The number of halogens is 3. The quantitative estimate of drug-likeness (QED) is 0.369. The molecule has 98 valence electrons. The topological polar surface area (TPSA) is 0 Å². The minimum absolute atomic E-state index is 0.482. The van der Waals surface area contributed by atoms with Gasteiger partial charge in [-0.3, -0.25) is 0 Å². The maximum Gasteiger partial charge on any atom is 0.190 e. The van der Waals surface area contributed by atoms with Gasteiger partial charge >= 0.3 is 0 Å². The zero-order valence-corrected chi connectivity index (χ0v) is 13.1. The molecule has 0 aliphatic heterocycles. The van der Waals surface area contributed by atoms with E-state index in [1.165, 1.54) is 38.5 Å². The summed E-state index contributed by atoms with van der Waals surface area (Å²) in [5, 5.41) is 0. The number of alkyl halides is 3. The van der Waals surface area contributed by atoms with E-state index in [1.54, 1.807) is 0 Å². The van der Waals surface area contributed by atoms with Crippen LogP contribution in [0.3, 0.4) is 0 Å². The normalized spacial score (nSPS) is 13.1. The fourth-order valence-corrected chi connectivity index (χ4v) is 2.09. The van der Waals surface area contributed by atoms with Crippen LogP contribution in [-0.4, -0.2) is 3.79 Å². The highest BCUT2D eigenvalue weighted by atomic mass is 35.6. The summed E-state index contributed by atoms with van der Waals surface area (Å²) in [4.78, 5) is 0. The van der Waals surface area contributed by atoms with Crippen molar-refractivity contribution in [3.8, 4) is 0 Å². The lowest BCUT2D eigenvalue weighted by molar-refractivity contribution is 0.356. The first kappa shape index (κ1) is 16.9. The van der Waals surface area contributed by atoms with Gasteiger partial charge in [-0.2, -0.15) is 0 Å². The Balaban J connectivity index is 3.17. The van der Waals surface area contributed by atoms with Gasteiger partial charge in [0.15, 0.2) is 3.79 Å². The lowest BCUT2D eigenvalue weighted by Gasteiger charge is -2.17. The minimum Gasteiger partial charge on any atom is -0.0837 e. The van der Waals surface area contributed by atoms with E-state index in [4.69, 9.17) is 34.8 Å². The molecule has 0 aliphatic carbocycles.